The maximum Gasteiger partial charge on any atom is 0.251 e. The lowest BCUT2D eigenvalue weighted by Gasteiger charge is -2.13. The first kappa shape index (κ1) is 16.2. The lowest BCUT2D eigenvalue weighted by molar-refractivity contribution is -0.123. The molecule has 2 aromatic carbocycles. The van der Waals surface area contributed by atoms with Gasteiger partial charge in [0.1, 0.15) is 0 Å². The van der Waals surface area contributed by atoms with Gasteiger partial charge in [-0.1, -0.05) is 48.0 Å². The summed E-state index contributed by atoms with van der Waals surface area (Å²) in [5.41, 5.74) is 16.1. The molecule has 5 nitrogen and oxygen atoms in total. The van der Waals surface area contributed by atoms with Crippen LogP contribution in [-0.4, -0.2) is 16.9 Å². The van der Waals surface area contributed by atoms with Crippen molar-refractivity contribution < 1.29 is 4.79 Å². The molecule has 0 spiro atoms. The standard InChI is InChI=1S/C19H22N4O/c1-13-5-4-6-14(9-13)11-22-23-19(24)17(20)10-15-12-21-18-8-3-2-7-16(15)18/h2-9,12,17,21-22H,10-11,20H2,1H3,(H,23,24)/t17-/m0/s1. The number of aryl methyl sites for hydroxylation is 1. The Morgan fingerprint density at radius 3 is 2.88 bits per heavy atom. The summed E-state index contributed by atoms with van der Waals surface area (Å²) in [6.07, 6.45) is 2.40. The predicted octanol–water partition coefficient (Wildman–Crippen LogP) is 2.17. The number of carbonyl (C=O) groups excluding carboxylic acids is 1. The molecule has 0 aliphatic heterocycles. The molecule has 1 aromatic heterocycles. The summed E-state index contributed by atoms with van der Waals surface area (Å²) in [4.78, 5) is 15.4. The molecule has 1 heterocycles. The van der Waals surface area contributed by atoms with Gasteiger partial charge in [0.05, 0.1) is 6.04 Å². The number of hydrogen-bond donors (Lipinski definition) is 4. The summed E-state index contributed by atoms with van der Waals surface area (Å²) in [6, 6.07) is 15.5. The number of hydrazine groups is 1. The second-order valence-corrected chi connectivity index (χ2v) is 6.00. The summed E-state index contributed by atoms with van der Waals surface area (Å²) in [5.74, 6) is -0.215. The zero-order valence-corrected chi connectivity index (χ0v) is 13.7. The average Bonchev–Trinajstić information content (AvgIpc) is 2.98. The minimum atomic E-state index is -0.603. The number of nitrogens with two attached hydrogens (primary N) is 1. The van der Waals surface area contributed by atoms with Gasteiger partial charge in [0.25, 0.3) is 5.91 Å². The van der Waals surface area contributed by atoms with Crippen LogP contribution in [0.1, 0.15) is 16.7 Å². The molecule has 1 amide bonds. The third-order valence-corrected chi connectivity index (χ3v) is 4.04. The Labute approximate surface area is 141 Å². The molecule has 5 N–H and O–H groups in total. The molecular weight excluding hydrogens is 300 g/mol. The van der Waals surface area contributed by atoms with Gasteiger partial charge in [-0.2, -0.15) is 0 Å². The third-order valence-electron chi connectivity index (χ3n) is 4.04. The Morgan fingerprint density at radius 2 is 2.04 bits per heavy atom. The Hall–Kier alpha value is -2.63. The molecule has 124 valence electrons. The van der Waals surface area contributed by atoms with Gasteiger partial charge in [0.2, 0.25) is 0 Å². The summed E-state index contributed by atoms with van der Waals surface area (Å²) >= 11 is 0. The van der Waals surface area contributed by atoms with E-state index in [4.69, 9.17) is 5.73 Å². The number of carbonyl (C=O) groups is 1. The van der Waals surface area contributed by atoms with Crippen LogP contribution in [0.5, 0.6) is 0 Å². The number of hydrogen-bond acceptors (Lipinski definition) is 3. The highest BCUT2D eigenvalue weighted by atomic mass is 16.2. The highest BCUT2D eigenvalue weighted by Gasteiger charge is 2.15. The molecule has 0 unspecified atom stereocenters. The molecule has 0 bridgehead atoms. The third kappa shape index (κ3) is 3.82. The van der Waals surface area contributed by atoms with Crippen molar-refractivity contribution in [2.45, 2.75) is 25.9 Å². The first-order chi connectivity index (χ1) is 11.6. The monoisotopic (exact) mass is 322 g/mol. The van der Waals surface area contributed by atoms with Gasteiger partial charge in [-0.3, -0.25) is 10.2 Å². The molecule has 3 aromatic rings. The maximum absolute atomic E-state index is 12.2. The van der Waals surface area contributed by atoms with E-state index in [1.807, 2.05) is 55.6 Å². The lowest BCUT2D eigenvalue weighted by atomic mass is 10.1. The topological polar surface area (TPSA) is 82.9 Å². The van der Waals surface area contributed by atoms with Gasteiger partial charge in [-0.25, -0.2) is 5.43 Å². The fourth-order valence-electron chi connectivity index (χ4n) is 2.78. The molecule has 0 saturated heterocycles. The first-order valence-electron chi connectivity index (χ1n) is 8.02. The Morgan fingerprint density at radius 1 is 1.21 bits per heavy atom. The summed E-state index contributed by atoms with van der Waals surface area (Å²) < 4.78 is 0. The van der Waals surface area contributed by atoms with Crippen molar-refractivity contribution in [1.29, 1.82) is 0 Å². The fraction of sp³-hybridized carbons (Fsp3) is 0.211. The van der Waals surface area contributed by atoms with Gasteiger partial charge in [0.15, 0.2) is 0 Å². The van der Waals surface area contributed by atoms with Crippen LogP contribution in [0.4, 0.5) is 0 Å². The van der Waals surface area contributed by atoms with E-state index < -0.39 is 6.04 Å². The molecule has 5 heteroatoms. The molecule has 3 rings (SSSR count). The van der Waals surface area contributed by atoms with Crippen molar-refractivity contribution in [3.63, 3.8) is 0 Å². The largest absolute Gasteiger partial charge is 0.361 e. The molecular formula is C19H22N4O. The Kier molecular flexibility index (Phi) is 4.93. The number of benzene rings is 2. The SMILES string of the molecule is Cc1cccc(CNNC(=O)[C@@H](N)Cc2c[nH]c3ccccc23)c1. The van der Waals surface area contributed by atoms with Crippen molar-refractivity contribution >= 4 is 16.8 Å². The van der Waals surface area contributed by atoms with Crippen LogP contribution in [-0.2, 0) is 17.8 Å². The van der Waals surface area contributed by atoms with E-state index in [1.165, 1.54) is 5.56 Å². The molecule has 0 aliphatic rings. The van der Waals surface area contributed by atoms with E-state index >= 15 is 0 Å². The van der Waals surface area contributed by atoms with E-state index in [1.54, 1.807) is 0 Å². The summed E-state index contributed by atoms with van der Waals surface area (Å²) in [7, 11) is 0. The zero-order valence-electron chi connectivity index (χ0n) is 13.7. The molecule has 0 saturated carbocycles. The Bertz CT molecular complexity index is 840. The van der Waals surface area contributed by atoms with Crippen LogP contribution in [0.2, 0.25) is 0 Å². The fourth-order valence-corrected chi connectivity index (χ4v) is 2.78. The highest BCUT2D eigenvalue weighted by molar-refractivity contribution is 5.85. The number of aromatic amines is 1. The van der Waals surface area contributed by atoms with E-state index in [2.05, 4.69) is 21.9 Å². The quantitative estimate of drug-likeness (QED) is 0.525. The van der Waals surface area contributed by atoms with Crippen molar-refractivity contribution in [2.24, 2.45) is 5.73 Å². The number of nitrogens with one attached hydrogen (secondary N) is 3. The van der Waals surface area contributed by atoms with Crippen molar-refractivity contribution in [3.05, 3.63) is 71.4 Å². The number of para-hydroxylation sites is 1. The van der Waals surface area contributed by atoms with E-state index in [-0.39, 0.29) is 5.91 Å². The van der Waals surface area contributed by atoms with Crippen LogP contribution in [0.15, 0.2) is 54.7 Å². The lowest BCUT2D eigenvalue weighted by Crippen LogP contribution is -2.47. The number of H-pyrrole nitrogens is 1. The normalized spacial score (nSPS) is 12.2. The highest BCUT2D eigenvalue weighted by Crippen LogP contribution is 2.18. The summed E-state index contributed by atoms with van der Waals surface area (Å²) in [6.45, 7) is 2.60. The Balaban J connectivity index is 1.53. The van der Waals surface area contributed by atoms with E-state index in [0.717, 1.165) is 22.0 Å². The van der Waals surface area contributed by atoms with Gasteiger partial charge in [-0.15, -0.1) is 0 Å². The molecule has 0 radical (unpaired) electrons. The number of aromatic nitrogens is 1. The summed E-state index contributed by atoms with van der Waals surface area (Å²) in [5, 5.41) is 1.11. The van der Waals surface area contributed by atoms with Crippen LogP contribution >= 0.6 is 0 Å². The predicted molar refractivity (Wildman–Crippen MR) is 96.1 cm³/mol. The minimum absolute atomic E-state index is 0.215. The van der Waals surface area contributed by atoms with E-state index in [9.17, 15) is 4.79 Å². The number of fused-ring (bicyclic) bond motifs is 1. The van der Waals surface area contributed by atoms with Crippen LogP contribution in [0.3, 0.4) is 0 Å². The zero-order chi connectivity index (χ0) is 16.9. The number of rotatable bonds is 6. The van der Waals surface area contributed by atoms with Crippen LogP contribution in [0.25, 0.3) is 10.9 Å². The van der Waals surface area contributed by atoms with Crippen molar-refractivity contribution in [2.75, 3.05) is 0 Å². The van der Waals surface area contributed by atoms with Gasteiger partial charge in [0, 0.05) is 23.6 Å². The number of amides is 1. The van der Waals surface area contributed by atoms with Crippen molar-refractivity contribution in [3.8, 4) is 0 Å². The molecule has 0 aliphatic carbocycles. The first-order valence-corrected chi connectivity index (χ1v) is 8.02. The van der Waals surface area contributed by atoms with Crippen molar-refractivity contribution in [1.82, 2.24) is 15.8 Å². The maximum atomic E-state index is 12.2. The van der Waals surface area contributed by atoms with Crippen LogP contribution in [0, 0.1) is 6.92 Å². The van der Waals surface area contributed by atoms with Gasteiger partial charge < -0.3 is 10.7 Å². The van der Waals surface area contributed by atoms with E-state index in [0.29, 0.717) is 13.0 Å². The second kappa shape index (κ2) is 7.29. The smallest absolute Gasteiger partial charge is 0.251 e. The molecule has 0 fully saturated rings. The second-order valence-electron chi connectivity index (χ2n) is 6.00. The van der Waals surface area contributed by atoms with Gasteiger partial charge in [-0.05, 0) is 30.5 Å². The molecule has 1 atom stereocenters. The average molecular weight is 322 g/mol. The van der Waals surface area contributed by atoms with Crippen LogP contribution < -0.4 is 16.6 Å². The molecule has 24 heavy (non-hydrogen) atoms. The minimum Gasteiger partial charge on any atom is -0.361 e. The van der Waals surface area contributed by atoms with Gasteiger partial charge >= 0.3 is 0 Å².